The lowest BCUT2D eigenvalue weighted by molar-refractivity contribution is 0.0832. The second-order valence-electron chi connectivity index (χ2n) is 1.89. The Labute approximate surface area is 47.9 Å². The van der Waals surface area contributed by atoms with Crippen molar-refractivity contribution in [3.8, 4) is 0 Å². The van der Waals surface area contributed by atoms with Gasteiger partial charge in [0, 0.05) is 5.92 Å². The second kappa shape index (κ2) is 3.78. The molecule has 0 bridgehead atoms. The Morgan fingerprint density at radius 1 is 1.50 bits per heavy atom. The van der Waals surface area contributed by atoms with Gasteiger partial charge in [0.25, 0.3) is 0 Å². The van der Waals surface area contributed by atoms with Crippen LogP contribution in [0.5, 0.6) is 0 Å². The van der Waals surface area contributed by atoms with Crippen LogP contribution in [0.1, 0.15) is 13.3 Å². The second-order valence-corrected chi connectivity index (χ2v) is 1.89. The first kappa shape index (κ1) is 7.82. The van der Waals surface area contributed by atoms with Gasteiger partial charge in [-0.15, -0.1) is 0 Å². The fraction of sp³-hybridized carbons (Fsp3) is 1.00. The van der Waals surface area contributed by atoms with E-state index in [0.29, 0.717) is 13.0 Å². The number of rotatable bonds is 3. The van der Waals surface area contributed by atoms with Crippen molar-refractivity contribution < 1.29 is 8.78 Å². The molecule has 0 spiro atoms. The van der Waals surface area contributed by atoms with Crippen LogP contribution in [0, 0.1) is 5.92 Å². The minimum absolute atomic E-state index is 0.353. The van der Waals surface area contributed by atoms with Crippen molar-refractivity contribution in [1.29, 1.82) is 0 Å². The molecule has 0 radical (unpaired) electrons. The summed E-state index contributed by atoms with van der Waals surface area (Å²) in [6.45, 7) is 1.85. The van der Waals surface area contributed by atoms with E-state index in [0.717, 1.165) is 0 Å². The first-order valence-electron chi connectivity index (χ1n) is 2.66. The van der Waals surface area contributed by atoms with Crippen LogP contribution in [-0.4, -0.2) is 13.0 Å². The summed E-state index contributed by atoms with van der Waals surface area (Å²) in [5, 5.41) is 0. The van der Waals surface area contributed by atoms with E-state index in [9.17, 15) is 8.78 Å². The summed E-state index contributed by atoms with van der Waals surface area (Å²) in [5.74, 6) is -0.542. The first-order valence-corrected chi connectivity index (χ1v) is 2.66. The van der Waals surface area contributed by atoms with Gasteiger partial charge in [0.2, 0.25) is 6.43 Å². The van der Waals surface area contributed by atoms with Crippen molar-refractivity contribution in [3.63, 3.8) is 0 Å². The number of alkyl halides is 2. The van der Waals surface area contributed by atoms with E-state index in [-0.39, 0.29) is 0 Å². The van der Waals surface area contributed by atoms with Crippen LogP contribution in [0.4, 0.5) is 8.78 Å². The van der Waals surface area contributed by atoms with Gasteiger partial charge < -0.3 is 5.73 Å². The molecular formula is C5H11F2N. The maximum absolute atomic E-state index is 11.6. The molecule has 0 heterocycles. The van der Waals surface area contributed by atoms with Crippen LogP contribution in [0.3, 0.4) is 0 Å². The molecule has 0 rings (SSSR count). The van der Waals surface area contributed by atoms with Gasteiger partial charge >= 0.3 is 0 Å². The molecule has 0 amide bonds. The SMILES string of the molecule is CC(CCN)C(F)F. The summed E-state index contributed by atoms with van der Waals surface area (Å²) in [6.07, 6.45) is -1.80. The molecule has 2 N–H and O–H groups in total. The van der Waals surface area contributed by atoms with Crippen LogP contribution in [-0.2, 0) is 0 Å². The van der Waals surface area contributed by atoms with Gasteiger partial charge in [0.05, 0.1) is 0 Å². The monoisotopic (exact) mass is 123 g/mol. The summed E-state index contributed by atoms with van der Waals surface area (Å²) in [7, 11) is 0. The van der Waals surface area contributed by atoms with E-state index in [1.54, 1.807) is 0 Å². The normalized spacial score (nSPS) is 14.6. The average Bonchev–Trinajstić information content (AvgIpc) is 1.67. The Balaban J connectivity index is 3.17. The Morgan fingerprint density at radius 3 is 2.12 bits per heavy atom. The molecule has 1 unspecified atom stereocenters. The van der Waals surface area contributed by atoms with Crippen LogP contribution < -0.4 is 5.73 Å². The van der Waals surface area contributed by atoms with E-state index in [4.69, 9.17) is 5.73 Å². The molecule has 1 atom stereocenters. The predicted octanol–water partition coefficient (Wildman–Crippen LogP) is 1.24. The van der Waals surface area contributed by atoms with Crippen LogP contribution in [0.25, 0.3) is 0 Å². The third-order valence-corrected chi connectivity index (χ3v) is 1.05. The highest BCUT2D eigenvalue weighted by molar-refractivity contribution is 4.53. The topological polar surface area (TPSA) is 26.0 Å². The zero-order chi connectivity index (χ0) is 6.57. The molecule has 0 fully saturated rings. The summed E-state index contributed by atoms with van der Waals surface area (Å²) in [4.78, 5) is 0. The van der Waals surface area contributed by atoms with Crippen LogP contribution in [0.15, 0.2) is 0 Å². The molecule has 0 saturated carbocycles. The highest BCUT2D eigenvalue weighted by atomic mass is 19.3. The highest BCUT2D eigenvalue weighted by Gasteiger charge is 2.11. The largest absolute Gasteiger partial charge is 0.330 e. The van der Waals surface area contributed by atoms with Crippen LogP contribution >= 0.6 is 0 Å². The van der Waals surface area contributed by atoms with Crippen molar-refractivity contribution in [2.45, 2.75) is 19.8 Å². The zero-order valence-corrected chi connectivity index (χ0v) is 4.90. The molecule has 0 aliphatic carbocycles. The molecule has 50 valence electrons. The molecule has 1 nitrogen and oxygen atoms in total. The van der Waals surface area contributed by atoms with Crippen molar-refractivity contribution >= 4 is 0 Å². The number of nitrogens with two attached hydrogens (primary N) is 1. The average molecular weight is 123 g/mol. The lowest BCUT2D eigenvalue weighted by Crippen LogP contribution is -2.12. The molecule has 0 aromatic heterocycles. The molecule has 0 aromatic carbocycles. The van der Waals surface area contributed by atoms with Crippen molar-refractivity contribution in [3.05, 3.63) is 0 Å². The Hall–Kier alpha value is -0.180. The summed E-state index contributed by atoms with van der Waals surface area (Å²) in [6, 6.07) is 0. The summed E-state index contributed by atoms with van der Waals surface area (Å²) >= 11 is 0. The van der Waals surface area contributed by atoms with Gasteiger partial charge in [-0.1, -0.05) is 6.92 Å². The maximum atomic E-state index is 11.6. The Bertz CT molecular complexity index is 56.4. The standard InChI is InChI=1S/C5H11F2N/c1-4(2-3-8)5(6)7/h4-5H,2-3,8H2,1H3. The quantitative estimate of drug-likeness (QED) is 0.600. The predicted molar refractivity (Wildman–Crippen MR) is 28.8 cm³/mol. The smallest absolute Gasteiger partial charge is 0.241 e. The Kier molecular flexibility index (Phi) is 3.69. The highest BCUT2D eigenvalue weighted by Crippen LogP contribution is 2.10. The van der Waals surface area contributed by atoms with Gasteiger partial charge in [-0.25, -0.2) is 8.78 Å². The zero-order valence-electron chi connectivity index (χ0n) is 4.90. The number of halogens is 2. The molecule has 0 aliphatic rings. The fourth-order valence-electron chi connectivity index (χ4n) is 0.389. The van der Waals surface area contributed by atoms with Crippen molar-refractivity contribution in [2.75, 3.05) is 6.54 Å². The molecule has 0 aromatic rings. The minimum atomic E-state index is -2.21. The fourth-order valence-corrected chi connectivity index (χ4v) is 0.389. The van der Waals surface area contributed by atoms with Gasteiger partial charge in [-0.05, 0) is 13.0 Å². The van der Waals surface area contributed by atoms with E-state index >= 15 is 0 Å². The Morgan fingerprint density at radius 2 is 2.00 bits per heavy atom. The third kappa shape index (κ3) is 2.91. The van der Waals surface area contributed by atoms with Gasteiger partial charge in [0.1, 0.15) is 0 Å². The molecule has 8 heavy (non-hydrogen) atoms. The van der Waals surface area contributed by atoms with Gasteiger partial charge in [0.15, 0.2) is 0 Å². The maximum Gasteiger partial charge on any atom is 0.241 e. The molecular weight excluding hydrogens is 112 g/mol. The van der Waals surface area contributed by atoms with Crippen molar-refractivity contribution in [1.82, 2.24) is 0 Å². The minimum Gasteiger partial charge on any atom is -0.330 e. The molecule has 3 heteroatoms. The first-order chi connectivity index (χ1) is 3.68. The number of hydrogen-bond acceptors (Lipinski definition) is 1. The van der Waals surface area contributed by atoms with Crippen LogP contribution in [0.2, 0.25) is 0 Å². The van der Waals surface area contributed by atoms with E-state index in [1.807, 2.05) is 0 Å². The lowest BCUT2D eigenvalue weighted by Gasteiger charge is -2.05. The third-order valence-electron chi connectivity index (χ3n) is 1.05. The van der Waals surface area contributed by atoms with E-state index in [1.165, 1.54) is 6.92 Å². The van der Waals surface area contributed by atoms with E-state index < -0.39 is 12.3 Å². The van der Waals surface area contributed by atoms with E-state index in [2.05, 4.69) is 0 Å². The number of hydrogen-bond donors (Lipinski definition) is 1. The lowest BCUT2D eigenvalue weighted by atomic mass is 10.1. The molecule has 0 saturated heterocycles. The summed E-state index contributed by atoms with van der Waals surface area (Å²) < 4.78 is 23.1. The summed E-state index contributed by atoms with van der Waals surface area (Å²) in [5.41, 5.74) is 5.03. The van der Waals surface area contributed by atoms with Gasteiger partial charge in [-0.2, -0.15) is 0 Å². The molecule has 0 aliphatic heterocycles. The van der Waals surface area contributed by atoms with Crippen molar-refractivity contribution in [2.24, 2.45) is 11.7 Å². The van der Waals surface area contributed by atoms with Gasteiger partial charge in [-0.3, -0.25) is 0 Å².